The Morgan fingerprint density at radius 1 is 1.18 bits per heavy atom. The summed E-state index contributed by atoms with van der Waals surface area (Å²) in [6.45, 7) is 0.660. The lowest BCUT2D eigenvalue weighted by Crippen LogP contribution is -2.31. The highest BCUT2D eigenvalue weighted by molar-refractivity contribution is 6.47. The Bertz CT molecular complexity index is 924. The van der Waals surface area contributed by atoms with Crippen LogP contribution in [0.2, 0.25) is 5.02 Å². The summed E-state index contributed by atoms with van der Waals surface area (Å²) in [6.07, 6.45) is 0.524. The summed E-state index contributed by atoms with van der Waals surface area (Å²) in [5.74, 6) is -1.05. The number of benzene rings is 2. The minimum absolute atomic E-state index is 0.0142. The van der Waals surface area contributed by atoms with Gasteiger partial charge in [0.25, 0.3) is 11.7 Å². The predicted octanol–water partition coefficient (Wildman–Crippen LogP) is 3.12. The lowest BCUT2D eigenvalue weighted by molar-refractivity contribution is -0.139. The predicted molar refractivity (Wildman–Crippen MR) is 107 cm³/mol. The third-order valence-electron chi connectivity index (χ3n) is 4.71. The maximum absolute atomic E-state index is 12.8. The molecule has 146 valence electrons. The molecule has 1 amide bonds. The first-order valence-electron chi connectivity index (χ1n) is 8.87. The van der Waals surface area contributed by atoms with Crippen molar-refractivity contribution in [2.75, 3.05) is 20.2 Å². The summed E-state index contributed by atoms with van der Waals surface area (Å²) in [5, 5.41) is 11.3. The van der Waals surface area contributed by atoms with Crippen LogP contribution in [-0.2, 0) is 9.59 Å². The molecule has 2 aromatic carbocycles. The Kier molecular flexibility index (Phi) is 6.02. The number of amides is 1. The molecule has 1 heterocycles. The second kappa shape index (κ2) is 8.46. The largest absolute Gasteiger partial charge is 0.507 e. The lowest BCUT2D eigenvalue weighted by atomic mass is 9.95. The van der Waals surface area contributed by atoms with Crippen LogP contribution in [0.15, 0.2) is 54.1 Å². The molecule has 0 saturated carbocycles. The minimum Gasteiger partial charge on any atom is -0.507 e. The second-order valence-electron chi connectivity index (χ2n) is 6.38. The van der Waals surface area contributed by atoms with E-state index in [1.165, 1.54) is 12.0 Å². The van der Waals surface area contributed by atoms with Crippen molar-refractivity contribution < 1.29 is 19.4 Å². The van der Waals surface area contributed by atoms with E-state index in [1.807, 2.05) is 0 Å². The Balaban J connectivity index is 2.16. The van der Waals surface area contributed by atoms with Crippen molar-refractivity contribution in [3.8, 4) is 5.75 Å². The van der Waals surface area contributed by atoms with Gasteiger partial charge in [0.15, 0.2) is 0 Å². The topological polar surface area (TPSA) is 92.9 Å². The number of hydrogen-bond donors (Lipinski definition) is 2. The summed E-state index contributed by atoms with van der Waals surface area (Å²) in [5.41, 5.74) is 6.60. The van der Waals surface area contributed by atoms with Gasteiger partial charge in [-0.25, -0.2) is 0 Å². The fraction of sp³-hybridized carbons (Fsp3) is 0.238. The van der Waals surface area contributed by atoms with Gasteiger partial charge in [0.1, 0.15) is 11.5 Å². The minimum atomic E-state index is -0.776. The number of halogens is 1. The fourth-order valence-corrected chi connectivity index (χ4v) is 3.54. The normalized spacial score (nSPS) is 18.5. The highest BCUT2D eigenvalue weighted by Crippen LogP contribution is 2.41. The number of ether oxygens (including phenoxy) is 1. The van der Waals surface area contributed by atoms with Gasteiger partial charge in [-0.05, 0) is 48.9 Å². The van der Waals surface area contributed by atoms with Crippen molar-refractivity contribution in [2.45, 2.75) is 12.5 Å². The molecule has 28 heavy (non-hydrogen) atoms. The third kappa shape index (κ3) is 3.61. The molecule has 3 N–H and O–H groups in total. The average Bonchev–Trinajstić information content (AvgIpc) is 2.96. The highest BCUT2D eigenvalue weighted by Gasteiger charge is 2.46. The number of carbonyl (C=O) groups is 2. The first-order valence-corrected chi connectivity index (χ1v) is 9.24. The molecule has 0 aromatic heterocycles. The zero-order valence-electron chi connectivity index (χ0n) is 15.4. The monoisotopic (exact) mass is 400 g/mol. The van der Waals surface area contributed by atoms with Crippen LogP contribution < -0.4 is 10.5 Å². The number of aliphatic hydroxyl groups excluding tert-OH is 1. The van der Waals surface area contributed by atoms with Crippen molar-refractivity contribution >= 4 is 29.1 Å². The Hall–Kier alpha value is -2.83. The molecular formula is C21H21ClN2O4. The van der Waals surface area contributed by atoms with E-state index in [9.17, 15) is 14.7 Å². The number of ketones is 1. The number of carbonyl (C=O) groups excluding carboxylic acids is 2. The maximum Gasteiger partial charge on any atom is 0.295 e. The van der Waals surface area contributed by atoms with Gasteiger partial charge < -0.3 is 20.5 Å². The van der Waals surface area contributed by atoms with Gasteiger partial charge in [-0.15, -0.1) is 0 Å². The van der Waals surface area contributed by atoms with E-state index < -0.39 is 17.7 Å². The Labute approximate surface area is 168 Å². The fourth-order valence-electron chi connectivity index (χ4n) is 3.30. The van der Waals surface area contributed by atoms with Crippen LogP contribution in [0.1, 0.15) is 23.6 Å². The van der Waals surface area contributed by atoms with Gasteiger partial charge in [0.2, 0.25) is 0 Å². The summed E-state index contributed by atoms with van der Waals surface area (Å²) >= 11 is 6.36. The molecule has 0 radical (unpaired) electrons. The van der Waals surface area contributed by atoms with Crippen LogP contribution >= 0.6 is 11.6 Å². The van der Waals surface area contributed by atoms with Crippen molar-refractivity contribution in [2.24, 2.45) is 5.73 Å². The summed E-state index contributed by atoms with van der Waals surface area (Å²) < 4.78 is 5.12. The molecule has 7 heteroatoms. The molecule has 1 atom stereocenters. The van der Waals surface area contributed by atoms with E-state index in [1.54, 1.807) is 48.5 Å². The number of nitrogens with two attached hydrogens (primary N) is 1. The molecule has 0 aliphatic carbocycles. The quantitative estimate of drug-likeness (QED) is 0.441. The lowest BCUT2D eigenvalue weighted by Gasteiger charge is -2.25. The Morgan fingerprint density at radius 2 is 1.86 bits per heavy atom. The van der Waals surface area contributed by atoms with Crippen LogP contribution in [0.5, 0.6) is 5.75 Å². The smallest absolute Gasteiger partial charge is 0.295 e. The van der Waals surface area contributed by atoms with Gasteiger partial charge in [-0.3, -0.25) is 9.59 Å². The van der Waals surface area contributed by atoms with Crippen LogP contribution in [0.4, 0.5) is 0 Å². The molecule has 0 unspecified atom stereocenters. The maximum atomic E-state index is 12.8. The van der Waals surface area contributed by atoms with Gasteiger partial charge in [0, 0.05) is 17.1 Å². The van der Waals surface area contributed by atoms with Crippen molar-refractivity contribution in [1.29, 1.82) is 0 Å². The molecule has 0 spiro atoms. The standard InChI is InChI=1S/C21H21ClN2O4/c1-28-14-9-7-13(8-10-14)19(25)17-18(15-5-2-3-6-16(15)22)24(12-4-11-23)21(27)20(17)26/h2-3,5-10,18,25H,4,11-12,23H2,1H3/t18-/m1/s1. The number of methoxy groups -OCH3 is 1. The van der Waals surface area contributed by atoms with Crippen LogP contribution in [0.3, 0.4) is 0 Å². The van der Waals surface area contributed by atoms with Gasteiger partial charge in [-0.2, -0.15) is 0 Å². The summed E-state index contributed by atoms with van der Waals surface area (Å²) in [4.78, 5) is 26.9. The molecule has 6 nitrogen and oxygen atoms in total. The highest BCUT2D eigenvalue weighted by atomic mass is 35.5. The molecule has 0 bridgehead atoms. The number of aliphatic hydroxyl groups is 1. The second-order valence-corrected chi connectivity index (χ2v) is 6.79. The van der Waals surface area contributed by atoms with E-state index >= 15 is 0 Å². The van der Waals surface area contributed by atoms with Crippen molar-refractivity contribution in [3.63, 3.8) is 0 Å². The molecular weight excluding hydrogens is 380 g/mol. The molecule has 2 aromatic rings. The summed E-state index contributed by atoms with van der Waals surface area (Å²) in [6, 6.07) is 12.8. The molecule has 1 aliphatic rings. The zero-order valence-corrected chi connectivity index (χ0v) is 16.1. The van der Waals surface area contributed by atoms with Gasteiger partial charge >= 0.3 is 0 Å². The molecule has 1 aliphatic heterocycles. The average molecular weight is 401 g/mol. The van der Waals surface area contributed by atoms with E-state index in [0.717, 1.165) is 0 Å². The van der Waals surface area contributed by atoms with E-state index in [4.69, 9.17) is 22.1 Å². The van der Waals surface area contributed by atoms with Gasteiger partial charge in [-0.1, -0.05) is 29.8 Å². The van der Waals surface area contributed by atoms with E-state index in [-0.39, 0.29) is 17.9 Å². The van der Waals surface area contributed by atoms with E-state index in [2.05, 4.69) is 0 Å². The van der Waals surface area contributed by atoms with Crippen LogP contribution in [0, 0.1) is 0 Å². The third-order valence-corrected chi connectivity index (χ3v) is 5.05. The number of rotatable bonds is 6. The molecule has 3 rings (SSSR count). The number of hydrogen-bond acceptors (Lipinski definition) is 5. The number of nitrogens with zero attached hydrogens (tertiary/aromatic N) is 1. The first kappa shape index (κ1) is 19.9. The SMILES string of the molecule is COc1ccc(C(O)=C2C(=O)C(=O)N(CCCN)[C@@H]2c2ccccc2Cl)cc1. The Morgan fingerprint density at radius 3 is 2.46 bits per heavy atom. The number of likely N-dealkylation sites (tertiary alicyclic amines) is 1. The van der Waals surface area contributed by atoms with Crippen molar-refractivity contribution in [1.82, 2.24) is 4.90 Å². The number of Topliss-reactive ketones (excluding diaryl/α,β-unsaturated/α-hetero) is 1. The van der Waals surface area contributed by atoms with Crippen LogP contribution in [0.25, 0.3) is 5.76 Å². The van der Waals surface area contributed by atoms with Crippen molar-refractivity contribution in [3.05, 3.63) is 70.3 Å². The van der Waals surface area contributed by atoms with Crippen LogP contribution in [-0.4, -0.2) is 41.9 Å². The van der Waals surface area contributed by atoms with E-state index in [0.29, 0.717) is 34.9 Å². The first-order chi connectivity index (χ1) is 13.5. The molecule has 1 fully saturated rings. The zero-order chi connectivity index (χ0) is 20.3. The molecule has 1 saturated heterocycles. The van der Waals surface area contributed by atoms with Gasteiger partial charge in [0.05, 0.1) is 18.7 Å². The summed E-state index contributed by atoms with van der Waals surface area (Å²) in [7, 11) is 1.54.